The van der Waals surface area contributed by atoms with Gasteiger partial charge in [-0.2, -0.15) is 0 Å². The number of nitrogens with zero attached hydrogens (tertiary/aromatic N) is 1. The first-order valence-corrected chi connectivity index (χ1v) is 8.87. The standard InChI is InChI=1S/C20H18BrNO2/c1-22-17-10-15(21)7-8-16(17)20-14(11-24-12-18(20)22)9-19(23)13-5-3-2-4-6-13/h2-8,10,14H,9,11-12H2,1H3/t14-/m0/s1. The van der Waals surface area contributed by atoms with Gasteiger partial charge in [-0.1, -0.05) is 52.3 Å². The fourth-order valence-corrected chi connectivity index (χ4v) is 3.98. The lowest BCUT2D eigenvalue weighted by molar-refractivity contribution is 0.0764. The summed E-state index contributed by atoms with van der Waals surface area (Å²) in [5, 5.41) is 1.23. The Hall–Kier alpha value is -1.91. The highest BCUT2D eigenvalue weighted by atomic mass is 79.9. The molecule has 3 nitrogen and oxygen atoms in total. The molecule has 0 unspecified atom stereocenters. The van der Waals surface area contributed by atoms with Crippen LogP contribution in [0.4, 0.5) is 0 Å². The minimum atomic E-state index is 0.103. The maximum atomic E-state index is 12.6. The second-order valence-electron chi connectivity index (χ2n) is 6.29. The molecule has 4 rings (SSSR count). The van der Waals surface area contributed by atoms with Crippen LogP contribution in [-0.2, 0) is 18.4 Å². The van der Waals surface area contributed by atoms with E-state index in [4.69, 9.17) is 4.74 Å². The van der Waals surface area contributed by atoms with Crippen LogP contribution in [0, 0.1) is 0 Å². The molecule has 4 heteroatoms. The maximum Gasteiger partial charge on any atom is 0.163 e. The van der Waals surface area contributed by atoms with Gasteiger partial charge >= 0.3 is 0 Å². The minimum Gasteiger partial charge on any atom is -0.375 e. The topological polar surface area (TPSA) is 31.2 Å². The third-order valence-corrected chi connectivity index (χ3v) is 5.31. The first-order valence-electron chi connectivity index (χ1n) is 8.08. The number of Topliss-reactive ketones (excluding diaryl/α,β-unsaturated/α-hetero) is 1. The number of halogens is 1. The van der Waals surface area contributed by atoms with Crippen molar-refractivity contribution in [3.8, 4) is 0 Å². The number of hydrogen-bond acceptors (Lipinski definition) is 2. The fourth-order valence-electron chi connectivity index (χ4n) is 3.63. The number of carbonyl (C=O) groups is 1. The maximum absolute atomic E-state index is 12.6. The summed E-state index contributed by atoms with van der Waals surface area (Å²) < 4.78 is 9.05. The summed E-state index contributed by atoms with van der Waals surface area (Å²) in [5.41, 5.74) is 4.40. The zero-order valence-corrected chi connectivity index (χ0v) is 15.0. The molecule has 0 saturated heterocycles. The van der Waals surface area contributed by atoms with Crippen LogP contribution >= 0.6 is 15.9 Å². The number of aromatic nitrogens is 1. The molecule has 0 fully saturated rings. The molecule has 0 aliphatic carbocycles. The van der Waals surface area contributed by atoms with Crippen molar-refractivity contribution in [2.45, 2.75) is 18.9 Å². The Morgan fingerprint density at radius 2 is 2.04 bits per heavy atom. The van der Waals surface area contributed by atoms with Crippen molar-refractivity contribution >= 4 is 32.6 Å². The Balaban J connectivity index is 1.75. The molecule has 1 aliphatic heterocycles. The summed E-state index contributed by atoms with van der Waals surface area (Å²) in [6, 6.07) is 15.8. The van der Waals surface area contributed by atoms with Gasteiger partial charge < -0.3 is 9.30 Å². The molecule has 3 aromatic rings. The van der Waals surface area contributed by atoms with Gasteiger partial charge in [0.15, 0.2) is 5.78 Å². The number of ketones is 1. The predicted octanol–water partition coefficient (Wildman–Crippen LogP) is 4.83. The average molecular weight is 384 g/mol. The van der Waals surface area contributed by atoms with E-state index in [-0.39, 0.29) is 11.7 Å². The Morgan fingerprint density at radius 3 is 2.83 bits per heavy atom. The number of aryl methyl sites for hydroxylation is 1. The average Bonchev–Trinajstić information content (AvgIpc) is 2.89. The van der Waals surface area contributed by atoms with Gasteiger partial charge in [-0.25, -0.2) is 0 Å². The monoisotopic (exact) mass is 383 g/mol. The van der Waals surface area contributed by atoms with E-state index in [1.807, 2.05) is 30.3 Å². The molecule has 1 aromatic heterocycles. The highest BCUT2D eigenvalue weighted by Gasteiger charge is 2.29. The molecule has 0 amide bonds. The summed E-state index contributed by atoms with van der Waals surface area (Å²) in [7, 11) is 2.07. The molecular weight excluding hydrogens is 366 g/mol. The van der Waals surface area contributed by atoms with Gasteiger partial charge in [0.1, 0.15) is 0 Å². The summed E-state index contributed by atoms with van der Waals surface area (Å²) in [6.07, 6.45) is 0.478. The van der Waals surface area contributed by atoms with Crippen LogP contribution in [0.25, 0.3) is 10.9 Å². The van der Waals surface area contributed by atoms with Gasteiger partial charge in [0, 0.05) is 46.0 Å². The summed E-state index contributed by atoms with van der Waals surface area (Å²) in [6.45, 7) is 1.20. The molecule has 2 heterocycles. The van der Waals surface area contributed by atoms with Gasteiger partial charge in [-0.15, -0.1) is 0 Å². The molecule has 0 radical (unpaired) electrons. The van der Waals surface area contributed by atoms with E-state index in [1.54, 1.807) is 0 Å². The van der Waals surface area contributed by atoms with Crippen LogP contribution in [0.1, 0.15) is 34.0 Å². The van der Waals surface area contributed by atoms with E-state index in [9.17, 15) is 4.79 Å². The van der Waals surface area contributed by atoms with Crippen LogP contribution in [-0.4, -0.2) is 17.0 Å². The van der Waals surface area contributed by atoms with E-state index in [0.29, 0.717) is 19.6 Å². The Morgan fingerprint density at radius 1 is 1.25 bits per heavy atom. The fraction of sp³-hybridized carbons (Fsp3) is 0.250. The van der Waals surface area contributed by atoms with Crippen molar-refractivity contribution in [1.29, 1.82) is 0 Å². The summed E-state index contributed by atoms with van der Waals surface area (Å²) in [4.78, 5) is 12.6. The zero-order chi connectivity index (χ0) is 16.7. The lowest BCUT2D eigenvalue weighted by Gasteiger charge is -2.24. The molecule has 2 aromatic carbocycles. The van der Waals surface area contributed by atoms with Gasteiger partial charge in [-0.05, 0) is 17.7 Å². The summed E-state index contributed by atoms with van der Waals surface area (Å²) in [5.74, 6) is 0.275. The highest BCUT2D eigenvalue weighted by molar-refractivity contribution is 9.10. The van der Waals surface area contributed by atoms with Crippen molar-refractivity contribution in [2.24, 2.45) is 7.05 Å². The largest absolute Gasteiger partial charge is 0.375 e. The lowest BCUT2D eigenvalue weighted by Crippen LogP contribution is -2.20. The summed E-state index contributed by atoms with van der Waals surface area (Å²) >= 11 is 3.55. The Labute approximate surface area is 149 Å². The molecular formula is C20H18BrNO2. The smallest absolute Gasteiger partial charge is 0.163 e. The van der Waals surface area contributed by atoms with E-state index in [1.165, 1.54) is 22.2 Å². The molecule has 1 aliphatic rings. The van der Waals surface area contributed by atoms with E-state index in [2.05, 4.69) is 45.7 Å². The SMILES string of the molecule is Cn1c2c(c3ccc(Br)cc31)[C@@H](CC(=O)c1ccccc1)COC2. The molecule has 0 spiro atoms. The number of carbonyl (C=O) groups excluding carboxylic acids is 1. The predicted molar refractivity (Wildman–Crippen MR) is 98.4 cm³/mol. The molecule has 122 valence electrons. The van der Waals surface area contributed by atoms with Crippen molar-refractivity contribution in [2.75, 3.05) is 6.61 Å². The zero-order valence-electron chi connectivity index (χ0n) is 13.5. The van der Waals surface area contributed by atoms with Gasteiger partial charge in [0.25, 0.3) is 0 Å². The third kappa shape index (κ3) is 2.60. The van der Waals surface area contributed by atoms with Crippen LogP contribution in [0.3, 0.4) is 0 Å². The van der Waals surface area contributed by atoms with E-state index < -0.39 is 0 Å². The van der Waals surface area contributed by atoms with Crippen molar-refractivity contribution in [3.63, 3.8) is 0 Å². The van der Waals surface area contributed by atoms with Gasteiger partial charge in [0.05, 0.1) is 13.2 Å². The number of rotatable bonds is 3. The number of ether oxygens (including phenoxy) is 1. The molecule has 0 bridgehead atoms. The van der Waals surface area contributed by atoms with Crippen molar-refractivity contribution in [1.82, 2.24) is 4.57 Å². The van der Waals surface area contributed by atoms with Crippen molar-refractivity contribution < 1.29 is 9.53 Å². The quantitative estimate of drug-likeness (QED) is 0.606. The number of benzene rings is 2. The third-order valence-electron chi connectivity index (χ3n) is 4.82. The van der Waals surface area contributed by atoms with Crippen LogP contribution in [0.2, 0.25) is 0 Å². The Bertz CT molecular complexity index is 914. The number of hydrogen-bond donors (Lipinski definition) is 0. The first-order chi connectivity index (χ1) is 11.6. The normalized spacial score (nSPS) is 17.0. The van der Waals surface area contributed by atoms with Crippen LogP contribution in [0.15, 0.2) is 53.0 Å². The van der Waals surface area contributed by atoms with Gasteiger partial charge in [0.2, 0.25) is 0 Å². The molecule has 1 atom stereocenters. The van der Waals surface area contributed by atoms with Crippen LogP contribution in [0.5, 0.6) is 0 Å². The Kier molecular flexibility index (Phi) is 4.02. The van der Waals surface area contributed by atoms with Gasteiger partial charge in [-0.3, -0.25) is 4.79 Å². The number of fused-ring (bicyclic) bond motifs is 3. The lowest BCUT2D eigenvalue weighted by atomic mass is 9.89. The molecule has 0 saturated carbocycles. The minimum absolute atomic E-state index is 0.103. The highest BCUT2D eigenvalue weighted by Crippen LogP contribution is 2.38. The van der Waals surface area contributed by atoms with E-state index in [0.717, 1.165) is 10.0 Å². The van der Waals surface area contributed by atoms with Crippen LogP contribution < -0.4 is 0 Å². The molecule has 24 heavy (non-hydrogen) atoms. The second kappa shape index (κ2) is 6.19. The van der Waals surface area contributed by atoms with E-state index >= 15 is 0 Å². The molecule has 0 N–H and O–H groups in total. The van der Waals surface area contributed by atoms with Crippen molar-refractivity contribution in [3.05, 3.63) is 69.8 Å². The second-order valence-corrected chi connectivity index (χ2v) is 7.20. The first kappa shape index (κ1) is 15.6.